The Labute approximate surface area is 56.2 Å². The maximum absolute atomic E-state index is 4.83. The van der Waals surface area contributed by atoms with Gasteiger partial charge in [-0.3, -0.25) is 0 Å². The molecule has 0 radical (unpaired) electrons. The summed E-state index contributed by atoms with van der Waals surface area (Å²) >= 11 is 0. The van der Waals surface area contributed by atoms with Gasteiger partial charge in [-0.15, -0.1) is 0 Å². The van der Waals surface area contributed by atoms with Gasteiger partial charge >= 0.3 is 0 Å². The van der Waals surface area contributed by atoms with Gasteiger partial charge in [0.25, 0.3) is 0 Å². The summed E-state index contributed by atoms with van der Waals surface area (Å²) in [5, 5.41) is 0. The van der Waals surface area contributed by atoms with E-state index in [0.29, 0.717) is 5.90 Å². The maximum Gasteiger partial charge on any atom is 0.184 e. The van der Waals surface area contributed by atoms with Crippen molar-refractivity contribution in [3.05, 3.63) is 11.8 Å². The molecule has 52 valence electrons. The van der Waals surface area contributed by atoms with E-state index in [0.717, 1.165) is 5.70 Å². The van der Waals surface area contributed by atoms with Crippen LogP contribution in [0.4, 0.5) is 0 Å². The molecule has 0 aromatic rings. The van der Waals surface area contributed by atoms with Crippen molar-refractivity contribution in [2.24, 2.45) is 4.99 Å². The van der Waals surface area contributed by atoms with Crippen molar-refractivity contribution >= 4 is 5.90 Å². The van der Waals surface area contributed by atoms with Gasteiger partial charge in [0.05, 0.1) is 7.11 Å². The second-order valence-corrected chi connectivity index (χ2v) is 1.77. The lowest BCUT2D eigenvalue weighted by molar-refractivity contribution is 0.399. The van der Waals surface area contributed by atoms with Crippen LogP contribution in [0.5, 0.6) is 0 Å². The molecular formula is C7H13NO. The summed E-state index contributed by atoms with van der Waals surface area (Å²) in [6.45, 7) is 5.71. The van der Waals surface area contributed by atoms with Crippen LogP contribution in [0.1, 0.15) is 20.8 Å². The van der Waals surface area contributed by atoms with Gasteiger partial charge in [-0.25, -0.2) is 4.99 Å². The van der Waals surface area contributed by atoms with Gasteiger partial charge in [0, 0.05) is 12.6 Å². The first-order valence-corrected chi connectivity index (χ1v) is 2.93. The molecule has 0 saturated heterocycles. The molecule has 0 amide bonds. The van der Waals surface area contributed by atoms with Gasteiger partial charge in [-0.2, -0.15) is 0 Å². The van der Waals surface area contributed by atoms with Crippen molar-refractivity contribution in [3.63, 3.8) is 0 Å². The lowest BCUT2D eigenvalue weighted by atomic mass is 10.5. The third kappa shape index (κ3) is 3.76. The quantitative estimate of drug-likeness (QED) is 0.390. The van der Waals surface area contributed by atoms with Crippen molar-refractivity contribution in [1.29, 1.82) is 0 Å². The minimum absolute atomic E-state index is 0.700. The average molecular weight is 127 g/mol. The normalized spacial score (nSPS) is 13.8. The summed E-state index contributed by atoms with van der Waals surface area (Å²) in [5.41, 5.74) is 0.981. The SMILES string of the molecule is C/C=C(/C)N=C(C)OC. The topological polar surface area (TPSA) is 21.6 Å². The Balaban J connectivity index is 3.95. The summed E-state index contributed by atoms with van der Waals surface area (Å²) in [6, 6.07) is 0. The van der Waals surface area contributed by atoms with Gasteiger partial charge in [0.1, 0.15) is 0 Å². The number of hydrogen-bond acceptors (Lipinski definition) is 2. The van der Waals surface area contributed by atoms with Crippen LogP contribution in [0.25, 0.3) is 0 Å². The first-order chi connectivity index (χ1) is 4.20. The van der Waals surface area contributed by atoms with Gasteiger partial charge < -0.3 is 4.74 Å². The van der Waals surface area contributed by atoms with Crippen LogP contribution in [0.3, 0.4) is 0 Å². The van der Waals surface area contributed by atoms with Crippen molar-refractivity contribution < 1.29 is 4.74 Å². The largest absolute Gasteiger partial charge is 0.484 e. The second-order valence-electron chi connectivity index (χ2n) is 1.77. The van der Waals surface area contributed by atoms with E-state index in [1.54, 1.807) is 7.11 Å². The van der Waals surface area contributed by atoms with Crippen molar-refractivity contribution in [2.75, 3.05) is 7.11 Å². The van der Waals surface area contributed by atoms with Crippen LogP contribution >= 0.6 is 0 Å². The Morgan fingerprint density at radius 2 is 2.00 bits per heavy atom. The Kier molecular flexibility index (Phi) is 3.76. The average Bonchev–Trinajstić information content (AvgIpc) is 1.87. The monoisotopic (exact) mass is 127 g/mol. The minimum atomic E-state index is 0.700. The van der Waals surface area contributed by atoms with E-state index in [4.69, 9.17) is 4.74 Å². The summed E-state index contributed by atoms with van der Waals surface area (Å²) in [7, 11) is 1.61. The molecule has 0 aliphatic heterocycles. The van der Waals surface area contributed by atoms with Crippen LogP contribution in [0.15, 0.2) is 16.8 Å². The molecule has 2 heteroatoms. The van der Waals surface area contributed by atoms with E-state index in [1.807, 2.05) is 26.8 Å². The van der Waals surface area contributed by atoms with E-state index < -0.39 is 0 Å². The molecule has 0 fully saturated rings. The predicted molar refractivity (Wildman–Crippen MR) is 39.5 cm³/mol. The van der Waals surface area contributed by atoms with E-state index in [2.05, 4.69) is 4.99 Å². The molecule has 0 aliphatic rings. The molecule has 9 heavy (non-hydrogen) atoms. The summed E-state index contributed by atoms with van der Waals surface area (Å²) in [6.07, 6.45) is 1.93. The van der Waals surface area contributed by atoms with Gasteiger partial charge in [-0.1, -0.05) is 6.08 Å². The molecule has 0 saturated carbocycles. The summed E-state index contributed by atoms with van der Waals surface area (Å²) in [5.74, 6) is 0.700. The van der Waals surface area contributed by atoms with Gasteiger partial charge in [-0.05, 0) is 13.8 Å². The highest BCUT2D eigenvalue weighted by Crippen LogP contribution is 1.93. The highest BCUT2D eigenvalue weighted by Gasteiger charge is 1.84. The molecule has 0 N–H and O–H groups in total. The van der Waals surface area contributed by atoms with Crippen molar-refractivity contribution in [3.8, 4) is 0 Å². The zero-order valence-corrected chi connectivity index (χ0v) is 6.43. The minimum Gasteiger partial charge on any atom is -0.484 e. The van der Waals surface area contributed by atoms with Gasteiger partial charge in [0.15, 0.2) is 5.90 Å². The fourth-order valence-corrected chi connectivity index (χ4v) is 0.359. The number of rotatable bonds is 1. The Hall–Kier alpha value is -0.790. The van der Waals surface area contributed by atoms with E-state index in [-0.39, 0.29) is 0 Å². The summed E-state index contributed by atoms with van der Waals surface area (Å²) in [4.78, 5) is 4.07. The molecule has 0 bridgehead atoms. The lowest BCUT2D eigenvalue weighted by Gasteiger charge is -1.95. The standard InChI is InChI=1S/C7H13NO/c1-5-6(2)8-7(3)9-4/h5H,1-4H3/b6-5-,8-7?. The molecule has 0 aliphatic carbocycles. The Morgan fingerprint density at radius 3 is 2.33 bits per heavy atom. The Morgan fingerprint density at radius 1 is 1.44 bits per heavy atom. The van der Waals surface area contributed by atoms with E-state index in [1.165, 1.54) is 0 Å². The first kappa shape index (κ1) is 8.21. The predicted octanol–water partition coefficient (Wildman–Crippen LogP) is 1.97. The van der Waals surface area contributed by atoms with Crippen LogP contribution in [0.2, 0.25) is 0 Å². The highest BCUT2D eigenvalue weighted by molar-refractivity contribution is 5.73. The molecule has 0 aromatic heterocycles. The molecule has 0 unspecified atom stereocenters. The maximum atomic E-state index is 4.83. The molecular weight excluding hydrogens is 114 g/mol. The van der Waals surface area contributed by atoms with Crippen LogP contribution in [0, 0.1) is 0 Å². The van der Waals surface area contributed by atoms with Crippen molar-refractivity contribution in [1.82, 2.24) is 0 Å². The molecule has 0 atom stereocenters. The molecule has 2 nitrogen and oxygen atoms in total. The van der Waals surface area contributed by atoms with Crippen LogP contribution in [-0.2, 0) is 4.74 Å². The third-order valence-electron chi connectivity index (χ3n) is 1.05. The lowest BCUT2D eigenvalue weighted by Crippen LogP contribution is -1.92. The fourth-order valence-electron chi connectivity index (χ4n) is 0.359. The highest BCUT2D eigenvalue weighted by atomic mass is 16.5. The van der Waals surface area contributed by atoms with Gasteiger partial charge in [0.2, 0.25) is 0 Å². The molecule has 0 spiro atoms. The second kappa shape index (κ2) is 4.13. The number of aliphatic imine (C=N–C) groups is 1. The van der Waals surface area contributed by atoms with E-state index >= 15 is 0 Å². The molecule has 0 rings (SSSR count). The zero-order valence-electron chi connectivity index (χ0n) is 6.43. The molecule has 0 aromatic carbocycles. The van der Waals surface area contributed by atoms with Crippen LogP contribution < -0.4 is 0 Å². The number of nitrogens with zero attached hydrogens (tertiary/aromatic N) is 1. The zero-order chi connectivity index (χ0) is 7.28. The smallest absolute Gasteiger partial charge is 0.184 e. The number of hydrogen-bond donors (Lipinski definition) is 0. The Bertz CT molecular complexity index is 136. The van der Waals surface area contributed by atoms with Crippen molar-refractivity contribution in [2.45, 2.75) is 20.8 Å². The fraction of sp³-hybridized carbons (Fsp3) is 0.571. The number of methoxy groups -OCH3 is 1. The third-order valence-corrected chi connectivity index (χ3v) is 1.05. The van der Waals surface area contributed by atoms with Crippen LogP contribution in [-0.4, -0.2) is 13.0 Å². The number of allylic oxidation sites excluding steroid dienone is 2. The number of ether oxygens (including phenoxy) is 1. The molecule has 0 heterocycles. The summed E-state index contributed by atoms with van der Waals surface area (Å²) < 4.78 is 4.83. The van der Waals surface area contributed by atoms with E-state index in [9.17, 15) is 0 Å². The first-order valence-electron chi connectivity index (χ1n) is 2.93.